The normalized spacial score (nSPS) is 25.7. The van der Waals surface area contributed by atoms with Crippen molar-refractivity contribution in [3.8, 4) is 5.75 Å². The Bertz CT molecular complexity index is 1190. The number of halogens is 2. The van der Waals surface area contributed by atoms with E-state index >= 15 is 0 Å². The number of anilines is 2. The molecule has 4 heterocycles. The van der Waals surface area contributed by atoms with E-state index in [0.717, 1.165) is 56.2 Å². The molecule has 1 unspecified atom stereocenters. The monoisotopic (exact) mass is 497 g/mol. The van der Waals surface area contributed by atoms with Gasteiger partial charge in [0, 0.05) is 48.5 Å². The van der Waals surface area contributed by atoms with Crippen molar-refractivity contribution in [3.05, 3.63) is 53.0 Å². The second-order valence-electron chi connectivity index (χ2n) is 9.91. The molecule has 2 aliphatic heterocycles. The van der Waals surface area contributed by atoms with Crippen LogP contribution in [0.25, 0.3) is 0 Å². The fourth-order valence-corrected chi connectivity index (χ4v) is 6.03. The smallest absolute Gasteiger partial charge is 0.242 e. The van der Waals surface area contributed by atoms with E-state index in [2.05, 4.69) is 26.3 Å². The third-order valence-corrected chi connectivity index (χ3v) is 7.65. The molecule has 3 aromatic rings. The Morgan fingerprint density at radius 3 is 2.66 bits per heavy atom. The van der Waals surface area contributed by atoms with Crippen LogP contribution < -0.4 is 15.0 Å². The first-order valence-corrected chi connectivity index (χ1v) is 12.8. The second-order valence-corrected chi connectivity index (χ2v) is 10.4. The van der Waals surface area contributed by atoms with E-state index in [-0.39, 0.29) is 6.10 Å². The van der Waals surface area contributed by atoms with Crippen LogP contribution in [0.3, 0.4) is 0 Å². The maximum atomic E-state index is 13.8. The minimum atomic E-state index is -0.413. The van der Waals surface area contributed by atoms with E-state index in [1.165, 1.54) is 25.0 Å². The van der Waals surface area contributed by atoms with E-state index in [0.29, 0.717) is 34.6 Å². The van der Waals surface area contributed by atoms with Gasteiger partial charge in [0.05, 0.1) is 0 Å². The van der Waals surface area contributed by atoms with Gasteiger partial charge in [-0.3, -0.25) is 0 Å². The number of nitrogens with zero attached hydrogens (tertiary/aromatic N) is 6. The fraction of sp³-hybridized carbons (Fsp3) is 0.520. The molecule has 8 nitrogen and oxygen atoms in total. The zero-order chi connectivity index (χ0) is 23.9. The molecule has 1 aliphatic carbocycles. The van der Waals surface area contributed by atoms with Crippen molar-refractivity contribution >= 4 is 23.4 Å². The Kier molecular flexibility index (Phi) is 5.96. The molecule has 2 aromatic heterocycles. The van der Waals surface area contributed by atoms with Gasteiger partial charge in [0.1, 0.15) is 23.7 Å². The van der Waals surface area contributed by atoms with E-state index < -0.39 is 5.82 Å². The molecular weight excluding hydrogens is 469 g/mol. The lowest BCUT2D eigenvalue weighted by Gasteiger charge is -2.38. The summed E-state index contributed by atoms with van der Waals surface area (Å²) in [6.45, 7) is 4.73. The average molecular weight is 498 g/mol. The summed E-state index contributed by atoms with van der Waals surface area (Å²) in [6, 6.07) is 6.67. The first-order valence-electron chi connectivity index (χ1n) is 12.4. The molecule has 10 heteroatoms. The third kappa shape index (κ3) is 4.66. The van der Waals surface area contributed by atoms with Gasteiger partial charge in [0.15, 0.2) is 11.9 Å². The third-order valence-electron chi connectivity index (χ3n) is 7.43. The molecule has 0 radical (unpaired) electrons. The Balaban J connectivity index is 1.18. The van der Waals surface area contributed by atoms with Crippen LogP contribution in [0.4, 0.5) is 16.2 Å². The van der Waals surface area contributed by atoms with Crippen molar-refractivity contribution in [2.24, 2.45) is 11.8 Å². The maximum Gasteiger partial charge on any atom is 0.242 e. The quantitative estimate of drug-likeness (QED) is 0.542. The van der Waals surface area contributed by atoms with Crippen LogP contribution in [0, 0.1) is 24.6 Å². The van der Waals surface area contributed by atoms with Gasteiger partial charge in [0.2, 0.25) is 5.95 Å². The van der Waals surface area contributed by atoms with Crippen LogP contribution in [-0.4, -0.2) is 43.9 Å². The number of fused-ring (bicyclic) bond motifs is 3. The van der Waals surface area contributed by atoms with Gasteiger partial charge in [-0.2, -0.15) is 4.98 Å². The van der Waals surface area contributed by atoms with Gasteiger partial charge in [-0.05, 0) is 63.0 Å². The molecule has 0 spiro atoms. The van der Waals surface area contributed by atoms with Crippen LogP contribution in [0.2, 0.25) is 5.02 Å². The van der Waals surface area contributed by atoms with E-state index in [4.69, 9.17) is 26.4 Å². The summed E-state index contributed by atoms with van der Waals surface area (Å²) in [6.07, 6.45) is 6.51. The Morgan fingerprint density at radius 1 is 1.06 bits per heavy atom. The van der Waals surface area contributed by atoms with Crippen molar-refractivity contribution in [1.82, 2.24) is 24.7 Å². The molecule has 0 amide bonds. The number of piperidine rings is 1. The number of rotatable bonds is 5. The molecule has 1 N–H and O–H groups in total. The molecule has 3 aliphatic rings. The van der Waals surface area contributed by atoms with Crippen LogP contribution >= 0.6 is 11.6 Å². The number of hydrogen-bond donors (Lipinski definition) is 1. The summed E-state index contributed by atoms with van der Waals surface area (Å²) in [4.78, 5) is 16.0. The molecule has 184 valence electrons. The molecule has 2 fully saturated rings. The zero-order valence-corrected chi connectivity index (χ0v) is 20.5. The molecule has 1 saturated heterocycles. The first-order chi connectivity index (χ1) is 17.0. The van der Waals surface area contributed by atoms with Gasteiger partial charge in [-0.25, -0.2) is 19.0 Å². The Labute approximate surface area is 208 Å². The van der Waals surface area contributed by atoms with Crippen molar-refractivity contribution in [3.63, 3.8) is 0 Å². The van der Waals surface area contributed by atoms with Crippen molar-refractivity contribution in [2.45, 2.75) is 57.7 Å². The molecule has 6 rings (SSSR count). The first kappa shape index (κ1) is 22.5. The summed E-state index contributed by atoms with van der Waals surface area (Å²) in [5.41, 5.74) is 0.989. The molecule has 1 aromatic carbocycles. The minimum absolute atomic E-state index is 0.294. The molecule has 2 bridgehead atoms. The van der Waals surface area contributed by atoms with Gasteiger partial charge < -0.3 is 15.0 Å². The summed E-state index contributed by atoms with van der Waals surface area (Å²) in [5.74, 6) is 3.47. The average Bonchev–Trinajstić information content (AvgIpc) is 3.23. The van der Waals surface area contributed by atoms with Gasteiger partial charge in [-0.15, -0.1) is 5.10 Å². The zero-order valence-electron chi connectivity index (χ0n) is 19.7. The van der Waals surface area contributed by atoms with Crippen molar-refractivity contribution in [2.75, 3.05) is 23.3 Å². The second kappa shape index (κ2) is 9.26. The Hall–Kier alpha value is -2.94. The van der Waals surface area contributed by atoms with Crippen molar-refractivity contribution < 1.29 is 9.13 Å². The van der Waals surface area contributed by atoms with E-state index in [9.17, 15) is 4.39 Å². The van der Waals surface area contributed by atoms with E-state index in [1.54, 1.807) is 12.4 Å². The Morgan fingerprint density at radius 2 is 1.89 bits per heavy atom. The number of aromatic nitrogens is 5. The summed E-state index contributed by atoms with van der Waals surface area (Å²) < 4.78 is 21.9. The molecular formula is C25H29ClFN7O. The lowest BCUT2D eigenvalue weighted by Crippen LogP contribution is -2.48. The number of hydrogen-bond acceptors (Lipinski definition) is 7. The van der Waals surface area contributed by atoms with Gasteiger partial charge in [-0.1, -0.05) is 11.6 Å². The predicted molar refractivity (Wildman–Crippen MR) is 131 cm³/mol. The lowest BCUT2D eigenvalue weighted by atomic mass is 9.92. The lowest BCUT2D eigenvalue weighted by molar-refractivity contribution is 0.183. The summed E-state index contributed by atoms with van der Waals surface area (Å²) in [7, 11) is 0. The SMILES string of the molecule is Cc1cc(N2C[C@H]3CC[C@@H](C2)C3Nc2nc3n(n2)CCCC[C@H]3Oc2cc(F)cc(Cl)c2)ncn1. The number of benzene rings is 1. The standard InChI is InChI=1S/C25H29ClFN7O/c1-15-8-22(29-14-28-15)33-12-16-5-6-17(13-33)23(16)30-25-31-24-21(4-2-3-7-34(24)32-25)35-20-10-18(26)9-19(27)11-20/h8-11,14,16-17,21,23H,2-7,12-13H2,1H3,(H,30,32)/t16-,17+,21-,23?/m1/s1. The minimum Gasteiger partial charge on any atom is -0.482 e. The van der Waals surface area contributed by atoms with Gasteiger partial charge >= 0.3 is 0 Å². The van der Waals surface area contributed by atoms with Gasteiger partial charge in [0.25, 0.3) is 0 Å². The van der Waals surface area contributed by atoms with E-state index in [1.807, 2.05) is 11.6 Å². The van der Waals surface area contributed by atoms with Crippen LogP contribution in [0.5, 0.6) is 5.75 Å². The molecule has 4 atom stereocenters. The largest absolute Gasteiger partial charge is 0.482 e. The number of nitrogens with one attached hydrogen (secondary N) is 1. The molecule has 35 heavy (non-hydrogen) atoms. The van der Waals surface area contributed by atoms with Crippen LogP contribution in [0.1, 0.15) is 49.7 Å². The van der Waals surface area contributed by atoms with Crippen LogP contribution in [0.15, 0.2) is 30.6 Å². The number of aryl methyl sites for hydroxylation is 2. The maximum absolute atomic E-state index is 13.8. The highest BCUT2D eigenvalue weighted by atomic mass is 35.5. The van der Waals surface area contributed by atoms with Crippen molar-refractivity contribution in [1.29, 1.82) is 0 Å². The summed E-state index contributed by atoms with van der Waals surface area (Å²) >= 11 is 6.03. The fourth-order valence-electron chi connectivity index (χ4n) is 5.82. The predicted octanol–water partition coefficient (Wildman–Crippen LogP) is 4.80. The highest BCUT2D eigenvalue weighted by Gasteiger charge is 2.43. The highest BCUT2D eigenvalue weighted by molar-refractivity contribution is 6.30. The summed E-state index contributed by atoms with van der Waals surface area (Å²) in [5, 5.41) is 8.78. The van der Waals surface area contributed by atoms with Crippen LogP contribution in [-0.2, 0) is 6.54 Å². The topological polar surface area (TPSA) is 81.0 Å². The highest BCUT2D eigenvalue weighted by Crippen LogP contribution is 2.40. The number of ether oxygens (including phenoxy) is 1. The molecule has 1 saturated carbocycles.